The molecular weight excluding hydrogens is 630 g/mol. The predicted octanol–water partition coefficient (Wildman–Crippen LogP) is 6.32. The van der Waals surface area contributed by atoms with Gasteiger partial charge >= 0.3 is 17.8 Å². The van der Waals surface area contributed by atoms with Crippen LogP contribution in [-0.2, 0) is 9.47 Å². The van der Waals surface area contributed by atoms with Gasteiger partial charge in [-0.2, -0.15) is 26.3 Å². The summed E-state index contributed by atoms with van der Waals surface area (Å²) in [7, 11) is 2.05. The van der Waals surface area contributed by atoms with E-state index in [4.69, 9.17) is 9.47 Å². The van der Waals surface area contributed by atoms with E-state index in [0.29, 0.717) is 23.5 Å². The number of methoxy groups -OCH3 is 2. The number of halogens is 6. The van der Waals surface area contributed by atoms with Crippen molar-refractivity contribution in [1.29, 1.82) is 0 Å². The van der Waals surface area contributed by atoms with Crippen LogP contribution in [0.2, 0.25) is 0 Å². The Morgan fingerprint density at radius 2 is 0.977 bits per heavy atom. The summed E-state index contributed by atoms with van der Waals surface area (Å²) in [5, 5.41) is 21.9. The van der Waals surface area contributed by atoms with Gasteiger partial charge in [-0.05, 0) is 24.3 Å². The lowest BCUT2D eigenvalue weighted by Crippen LogP contribution is -2.55. The first-order valence-electron chi connectivity index (χ1n) is 11.9. The Balaban J connectivity index is 1.63. The molecule has 2 heterocycles. The van der Waals surface area contributed by atoms with Gasteiger partial charge in [-0.15, -0.1) is 0 Å². The quantitative estimate of drug-likeness (QED) is 0.203. The average Bonchev–Trinajstić information content (AvgIpc) is 3.59. The Hall–Kier alpha value is -3.74. The van der Waals surface area contributed by atoms with Gasteiger partial charge in [-0.3, -0.25) is 20.2 Å². The number of alkyl halides is 6. The first-order chi connectivity index (χ1) is 20.1. The maximum Gasteiger partial charge on any atom is 0.380 e. The molecule has 0 N–H and O–H groups in total. The number of hydrogen-bond donors (Lipinski definition) is 0. The summed E-state index contributed by atoms with van der Waals surface area (Å²) in [5.74, 6) is -16.8. The molecule has 2 aliphatic carbocycles. The number of benzene rings is 2. The second-order valence-corrected chi connectivity index (χ2v) is 11.8. The number of nitro benzene ring substituents is 2. The highest BCUT2D eigenvalue weighted by molar-refractivity contribution is 8.19. The number of non-ortho nitro benzene ring substituents is 2. The zero-order valence-corrected chi connectivity index (χ0v) is 23.1. The van der Waals surface area contributed by atoms with Crippen molar-refractivity contribution >= 4 is 45.0 Å². The molecule has 4 aliphatic rings. The minimum absolute atomic E-state index is 0.114. The van der Waals surface area contributed by atoms with Crippen LogP contribution in [0.1, 0.15) is 11.1 Å². The van der Waals surface area contributed by atoms with E-state index < -0.39 is 60.0 Å². The number of nitrogens with zero attached hydrogens (tertiary/aromatic N) is 4. The van der Waals surface area contributed by atoms with Gasteiger partial charge in [0.15, 0.2) is 0 Å². The van der Waals surface area contributed by atoms with Crippen molar-refractivity contribution in [3.05, 3.63) is 102 Å². The van der Waals surface area contributed by atoms with Gasteiger partial charge in [0.2, 0.25) is 9.87 Å². The van der Waals surface area contributed by atoms with Crippen molar-refractivity contribution in [3.63, 3.8) is 0 Å². The van der Waals surface area contributed by atoms with Gasteiger partial charge in [0.1, 0.15) is 10.1 Å². The van der Waals surface area contributed by atoms with Crippen LogP contribution in [0.4, 0.5) is 37.7 Å². The summed E-state index contributed by atoms with van der Waals surface area (Å²) < 4.78 is 103. The first-order valence-corrected chi connectivity index (χ1v) is 13.5. The SMILES string of the molecule is COC12SC(c3ccc([N+](=O)[O-])cc3)=NC1=C1C(=C3N=C(c4ccc([N+](=O)[O-])cc4)SC32OC)C(F)(F)C(F)(F)C1(F)F. The third-order valence-corrected chi connectivity index (χ3v) is 10.4. The van der Waals surface area contributed by atoms with Crippen molar-refractivity contribution in [2.45, 2.75) is 27.6 Å². The number of ether oxygens (including phenoxy) is 2. The zero-order valence-electron chi connectivity index (χ0n) is 21.4. The molecule has 224 valence electrons. The van der Waals surface area contributed by atoms with Crippen LogP contribution in [0.5, 0.6) is 0 Å². The molecule has 18 heteroatoms. The third-order valence-electron chi connectivity index (χ3n) is 7.33. The fourth-order valence-electron chi connectivity index (χ4n) is 5.26. The van der Waals surface area contributed by atoms with Crippen LogP contribution in [0, 0.1) is 20.2 Å². The van der Waals surface area contributed by atoms with Crippen molar-refractivity contribution < 1.29 is 45.7 Å². The number of thioether (sulfide) groups is 2. The number of fused-ring (bicyclic) bond motifs is 4. The summed E-state index contributed by atoms with van der Waals surface area (Å²) in [6.45, 7) is 0. The van der Waals surface area contributed by atoms with E-state index in [1.165, 1.54) is 24.3 Å². The molecule has 0 aromatic heterocycles. The van der Waals surface area contributed by atoms with Crippen LogP contribution >= 0.6 is 23.5 Å². The first kappa shape index (κ1) is 29.3. The maximum atomic E-state index is 15.5. The molecule has 1 fully saturated rings. The van der Waals surface area contributed by atoms with Crippen molar-refractivity contribution in [2.75, 3.05) is 14.2 Å². The molecule has 2 atom stereocenters. The summed E-state index contributed by atoms with van der Waals surface area (Å²) in [6.07, 6.45) is 0. The van der Waals surface area contributed by atoms with E-state index in [9.17, 15) is 29.0 Å². The molecule has 0 saturated heterocycles. The van der Waals surface area contributed by atoms with Gasteiger partial charge < -0.3 is 9.47 Å². The Morgan fingerprint density at radius 1 is 0.651 bits per heavy atom. The lowest BCUT2D eigenvalue weighted by molar-refractivity contribution is -0.385. The molecular formula is C25H14F6N4O6S2. The van der Waals surface area contributed by atoms with Crippen molar-refractivity contribution in [2.24, 2.45) is 9.98 Å². The Labute approximate surface area is 244 Å². The number of nitro groups is 2. The topological polar surface area (TPSA) is 129 Å². The highest BCUT2D eigenvalue weighted by Crippen LogP contribution is 2.73. The van der Waals surface area contributed by atoms with E-state index in [-0.39, 0.29) is 32.6 Å². The molecule has 0 amide bonds. The minimum Gasteiger partial charge on any atom is -0.357 e. The fraction of sp³-hybridized carbons (Fsp3) is 0.280. The molecule has 2 unspecified atom stereocenters. The Morgan fingerprint density at radius 3 is 1.26 bits per heavy atom. The highest BCUT2D eigenvalue weighted by atomic mass is 32.2. The summed E-state index contributed by atoms with van der Waals surface area (Å²) in [6, 6.07) is 9.25. The van der Waals surface area contributed by atoms with Crippen molar-refractivity contribution in [3.8, 4) is 0 Å². The molecule has 0 radical (unpaired) electrons. The summed E-state index contributed by atoms with van der Waals surface area (Å²) >= 11 is 1.19. The van der Waals surface area contributed by atoms with Crippen LogP contribution in [0.25, 0.3) is 0 Å². The smallest absolute Gasteiger partial charge is 0.357 e. The van der Waals surface area contributed by atoms with E-state index in [0.717, 1.165) is 38.5 Å². The molecule has 2 aromatic carbocycles. The molecule has 0 bridgehead atoms. The lowest BCUT2D eigenvalue weighted by atomic mass is 9.87. The van der Waals surface area contributed by atoms with Crippen LogP contribution < -0.4 is 0 Å². The second kappa shape index (κ2) is 9.13. The Kier molecular flexibility index (Phi) is 6.23. The highest BCUT2D eigenvalue weighted by Gasteiger charge is 2.86. The fourth-order valence-corrected chi connectivity index (χ4v) is 8.12. The number of hydrogen-bond acceptors (Lipinski definition) is 10. The van der Waals surface area contributed by atoms with Gasteiger partial charge in [-0.1, -0.05) is 23.5 Å². The molecule has 43 heavy (non-hydrogen) atoms. The summed E-state index contributed by atoms with van der Waals surface area (Å²) in [4.78, 5) is 24.5. The lowest BCUT2D eigenvalue weighted by Gasteiger charge is -2.46. The summed E-state index contributed by atoms with van der Waals surface area (Å²) in [5.41, 5.74) is -5.86. The minimum atomic E-state index is -5.90. The number of aliphatic imine (C=N–C) groups is 2. The van der Waals surface area contributed by atoms with Gasteiger partial charge in [0.25, 0.3) is 11.4 Å². The second-order valence-electron chi connectivity index (χ2n) is 9.46. The van der Waals surface area contributed by atoms with Crippen LogP contribution in [0.15, 0.2) is 81.1 Å². The molecule has 6 rings (SSSR count). The molecule has 0 spiro atoms. The van der Waals surface area contributed by atoms with Crippen LogP contribution in [-0.4, -0.2) is 61.8 Å². The largest absolute Gasteiger partial charge is 0.380 e. The number of allylic oxidation sites excluding steroid dienone is 2. The van der Waals surface area contributed by atoms with E-state index in [2.05, 4.69) is 9.98 Å². The maximum absolute atomic E-state index is 15.5. The Bertz CT molecular complexity index is 1620. The molecule has 2 aliphatic heterocycles. The third kappa shape index (κ3) is 3.54. The van der Waals surface area contributed by atoms with Gasteiger partial charge in [0, 0.05) is 49.6 Å². The normalized spacial score (nSPS) is 27.8. The molecule has 10 nitrogen and oxygen atoms in total. The van der Waals surface area contributed by atoms with E-state index in [1.54, 1.807) is 0 Å². The van der Waals surface area contributed by atoms with Gasteiger partial charge in [0.05, 0.1) is 32.4 Å². The van der Waals surface area contributed by atoms with Crippen LogP contribution in [0.3, 0.4) is 0 Å². The molecule has 1 saturated carbocycles. The predicted molar refractivity (Wildman–Crippen MR) is 143 cm³/mol. The standard InChI is InChI=1S/C25H14F6N4O6S2/c1-40-23-17(32-19(42-23)11-3-7-13(8-4-11)34(36)37)15-16(22(28,29)25(30,31)21(15,26)27)18-24(23,41-2)43-20(33-18)12-5-9-14(10-6-12)35(38)39/h3-10H,1-2H3. The van der Waals surface area contributed by atoms with Gasteiger partial charge in [-0.25, -0.2) is 9.98 Å². The van der Waals surface area contributed by atoms with E-state index in [1.807, 2.05) is 0 Å². The number of rotatable bonds is 6. The zero-order chi connectivity index (χ0) is 31.3. The monoisotopic (exact) mass is 644 g/mol. The average molecular weight is 645 g/mol. The molecule has 2 aromatic rings. The van der Waals surface area contributed by atoms with E-state index >= 15 is 17.6 Å². The van der Waals surface area contributed by atoms with Crippen molar-refractivity contribution in [1.82, 2.24) is 0 Å².